The molecular weight excluding hydrogens is 516 g/mol. The van der Waals surface area contributed by atoms with E-state index in [1.165, 1.54) is 0 Å². The van der Waals surface area contributed by atoms with Crippen LogP contribution in [0.4, 0.5) is 13.2 Å². The Bertz CT molecular complexity index is 751. The van der Waals surface area contributed by atoms with E-state index in [-0.39, 0.29) is 30.6 Å². The van der Waals surface area contributed by atoms with Crippen molar-refractivity contribution in [3.8, 4) is 0 Å². The van der Waals surface area contributed by atoms with Crippen LogP contribution in [0, 0.1) is 0 Å². The number of alkyl halides is 3. The molecule has 29 heavy (non-hydrogen) atoms. The zero-order chi connectivity index (χ0) is 20.4. The number of aryl methyl sites for hydroxylation is 1. The fourth-order valence-corrected chi connectivity index (χ4v) is 3.05. The van der Waals surface area contributed by atoms with Crippen molar-refractivity contribution >= 4 is 41.3 Å². The first kappa shape index (κ1) is 25.6. The van der Waals surface area contributed by atoms with E-state index in [2.05, 4.69) is 32.3 Å². The Morgan fingerprint density at radius 3 is 2.41 bits per heavy atom. The van der Waals surface area contributed by atoms with Gasteiger partial charge in [-0.1, -0.05) is 31.2 Å². The molecule has 0 saturated carbocycles. The number of rotatable bonds is 9. The maximum absolute atomic E-state index is 12.1. The van der Waals surface area contributed by atoms with Crippen LogP contribution in [0.15, 0.2) is 34.6 Å². The summed E-state index contributed by atoms with van der Waals surface area (Å²) in [6.07, 6.45) is -3.38. The van der Waals surface area contributed by atoms with Gasteiger partial charge in [-0.3, -0.25) is 0 Å². The molecule has 0 atom stereocenters. The summed E-state index contributed by atoms with van der Waals surface area (Å²) >= 11 is 1.65. The van der Waals surface area contributed by atoms with Crippen molar-refractivity contribution in [1.82, 2.24) is 15.6 Å². The summed E-state index contributed by atoms with van der Waals surface area (Å²) in [5.41, 5.74) is 2.63. The fourth-order valence-electron chi connectivity index (χ4n) is 2.30. The van der Waals surface area contributed by atoms with Crippen molar-refractivity contribution in [1.29, 1.82) is 0 Å². The third-order valence-electron chi connectivity index (χ3n) is 3.66. The fraction of sp³-hybridized carbons (Fsp3) is 0.474. The number of hydrogen-bond donors (Lipinski definition) is 2. The van der Waals surface area contributed by atoms with Crippen LogP contribution in [0.3, 0.4) is 0 Å². The predicted octanol–water partition coefficient (Wildman–Crippen LogP) is 4.66. The molecule has 5 nitrogen and oxygen atoms in total. The molecule has 0 aliphatic heterocycles. The summed E-state index contributed by atoms with van der Waals surface area (Å²) in [4.78, 5) is 9.06. The highest BCUT2D eigenvalue weighted by Crippen LogP contribution is 2.16. The van der Waals surface area contributed by atoms with Gasteiger partial charge < -0.3 is 15.4 Å². The summed E-state index contributed by atoms with van der Waals surface area (Å²) in [5, 5.41) is 9.59. The van der Waals surface area contributed by atoms with Gasteiger partial charge in [0.15, 0.2) is 5.96 Å². The van der Waals surface area contributed by atoms with Crippen LogP contribution in [-0.2, 0) is 30.9 Å². The van der Waals surface area contributed by atoms with Gasteiger partial charge in [0.25, 0.3) is 0 Å². The first-order valence-corrected chi connectivity index (χ1v) is 9.95. The number of thiazole rings is 1. The van der Waals surface area contributed by atoms with Gasteiger partial charge in [-0.25, -0.2) is 9.98 Å². The van der Waals surface area contributed by atoms with E-state index in [0.717, 1.165) is 29.2 Å². The molecule has 0 aliphatic carbocycles. The predicted molar refractivity (Wildman–Crippen MR) is 121 cm³/mol. The van der Waals surface area contributed by atoms with Gasteiger partial charge in [0.1, 0.15) is 6.61 Å². The lowest BCUT2D eigenvalue weighted by Crippen LogP contribution is -2.36. The zero-order valence-electron chi connectivity index (χ0n) is 16.4. The molecule has 162 valence electrons. The lowest BCUT2D eigenvalue weighted by atomic mass is 10.1. The lowest BCUT2D eigenvalue weighted by Gasteiger charge is -2.10. The minimum Gasteiger partial charge on any atom is -0.367 e. The minimum absolute atomic E-state index is 0. The Labute approximate surface area is 190 Å². The molecule has 0 aliphatic rings. The molecule has 0 amide bonds. The van der Waals surface area contributed by atoms with Gasteiger partial charge in [0.2, 0.25) is 0 Å². The number of aliphatic imine (C=N–C) groups is 1. The molecule has 2 aromatic rings. The number of aromatic nitrogens is 1. The van der Waals surface area contributed by atoms with Crippen LogP contribution in [0.2, 0.25) is 0 Å². The molecule has 1 aromatic heterocycles. The summed E-state index contributed by atoms with van der Waals surface area (Å²) in [5.74, 6) is 0.686. The molecule has 0 radical (unpaired) electrons. The molecule has 0 unspecified atom stereocenters. The van der Waals surface area contributed by atoms with E-state index in [4.69, 9.17) is 0 Å². The molecular formula is C19H26F3IN4OS. The summed E-state index contributed by atoms with van der Waals surface area (Å²) in [7, 11) is 0. The Morgan fingerprint density at radius 1 is 1.14 bits per heavy atom. The highest BCUT2D eigenvalue weighted by Gasteiger charge is 2.27. The van der Waals surface area contributed by atoms with Crippen molar-refractivity contribution in [2.45, 2.75) is 46.1 Å². The number of ether oxygens (including phenoxy) is 1. The molecule has 2 rings (SSSR count). The van der Waals surface area contributed by atoms with Crippen LogP contribution >= 0.6 is 35.3 Å². The third-order valence-corrected chi connectivity index (χ3v) is 4.70. The Hall–Kier alpha value is -1.40. The Balaban J connectivity index is 0.00000420. The number of nitrogens with zero attached hydrogens (tertiary/aromatic N) is 2. The number of benzene rings is 1. The summed E-state index contributed by atoms with van der Waals surface area (Å²) in [6, 6.07) is 7.19. The Kier molecular flexibility index (Phi) is 11.5. The molecule has 0 fully saturated rings. The molecule has 0 spiro atoms. The summed E-state index contributed by atoms with van der Waals surface area (Å²) < 4.78 is 41.0. The summed E-state index contributed by atoms with van der Waals surface area (Å²) in [6.45, 7) is 4.54. The van der Waals surface area contributed by atoms with Crippen molar-refractivity contribution in [3.05, 3.63) is 51.5 Å². The molecule has 1 heterocycles. The van der Waals surface area contributed by atoms with Crippen LogP contribution < -0.4 is 10.6 Å². The van der Waals surface area contributed by atoms with Gasteiger partial charge in [0, 0.05) is 11.9 Å². The standard InChI is InChI=1S/C19H25F3N4OS.HI/c1-3-17-26-16(12-28-17)10-25-18(23-4-2)24-9-14-5-7-15(8-6-14)11-27-13-19(20,21)22;/h5-8,12H,3-4,9-11,13H2,1-2H3,(H2,23,24,25);1H. The van der Waals surface area contributed by atoms with Gasteiger partial charge in [-0.15, -0.1) is 35.3 Å². The topological polar surface area (TPSA) is 58.5 Å². The number of nitrogens with one attached hydrogen (secondary N) is 2. The number of guanidine groups is 1. The van der Waals surface area contributed by atoms with E-state index < -0.39 is 12.8 Å². The van der Waals surface area contributed by atoms with E-state index in [0.29, 0.717) is 24.6 Å². The quantitative estimate of drug-likeness (QED) is 0.275. The van der Waals surface area contributed by atoms with E-state index in [1.54, 1.807) is 23.5 Å². The molecule has 1 aromatic carbocycles. The van der Waals surface area contributed by atoms with Crippen LogP contribution in [-0.4, -0.2) is 30.3 Å². The third kappa shape index (κ3) is 10.3. The van der Waals surface area contributed by atoms with E-state index in [1.807, 2.05) is 24.4 Å². The van der Waals surface area contributed by atoms with Gasteiger partial charge in [-0.05, 0) is 24.5 Å². The molecule has 2 N–H and O–H groups in total. The smallest absolute Gasteiger partial charge is 0.367 e. The monoisotopic (exact) mass is 542 g/mol. The highest BCUT2D eigenvalue weighted by molar-refractivity contribution is 14.0. The molecule has 0 bridgehead atoms. The van der Waals surface area contributed by atoms with Crippen LogP contribution in [0.25, 0.3) is 0 Å². The number of halogens is 4. The largest absolute Gasteiger partial charge is 0.411 e. The maximum atomic E-state index is 12.1. The Morgan fingerprint density at radius 2 is 1.83 bits per heavy atom. The van der Waals surface area contributed by atoms with Gasteiger partial charge in [0.05, 0.1) is 30.4 Å². The van der Waals surface area contributed by atoms with Crippen LogP contribution in [0.5, 0.6) is 0 Å². The van der Waals surface area contributed by atoms with Crippen molar-refractivity contribution in [3.63, 3.8) is 0 Å². The second-order valence-corrected chi connectivity index (χ2v) is 7.00. The van der Waals surface area contributed by atoms with Crippen LogP contribution in [0.1, 0.15) is 35.7 Å². The zero-order valence-corrected chi connectivity index (χ0v) is 19.5. The first-order valence-electron chi connectivity index (χ1n) is 9.07. The second kappa shape index (κ2) is 13.0. The van der Waals surface area contributed by atoms with E-state index in [9.17, 15) is 13.2 Å². The van der Waals surface area contributed by atoms with Gasteiger partial charge >= 0.3 is 6.18 Å². The van der Waals surface area contributed by atoms with Crippen molar-refractivity contribution in [2.75, 3.05) is 13.2 Å². The van der Waals surface area contributed by atoms with Gasteiger partial charge in [-0.2, -0.15) is 13.2 Å². The SMILES string of the molecule is CCNC(=NCc1ccc(COCC(F)(F)F)cc1)NCc1csc(CC)n1.I. The average Bonchev–Trinajstić information content (AvgIpc) is 3.12. The second-order valence-electron chi connectivity index (χ2n) is 6.06. The average molecular weight is 542 g/mol. The minimum atomic E-state index is -4.30. The van der Waals surface area contributed by atoms with Crippen molar-refractivity contribution in [2.24, 2.45) is 4.99 Å². The van der Waals surface area contributed by atoms with Crippen molar-refractivity contribution < 1.29 is 17.9 Å². The number of hydrogen-bond acceptors (Lipinski definition) is 4. The first-order chi connectivity index (χ1) is 13.4. The molecule has 10 heteroatoms. The molecule has 0 saturated heterocycles. The normalized spacial score (nSPS) is 11.8. The lowest BCUT2D eigenvalue weighted by molar-refractivity contribution is -0.176. The highest BCUT2D eigenvalue weighted by atomic mass is 127. The van der Waals surface area contributed by atoms with E-state index >= 15 is 0 Å². The maximum Gasteiger partial charge on any atom is 0.411 e.